The van der Waals surface area contributed by atoms with E-state index in [2.05, 4.69) is 37.0 Å². The highest BCUT2D eigenvalue weighted by atomic mass is 16.5. The third kappa shape index (κ3) is 7.42. The summed E-state index contributed by atoms with van der Waals surface area (Å²) in [5.41, 5.74) is 3.69. The van der Waals surface area contributed by atoms with Gasteiger partial charge in [-0.3, -0.25) is 9.59 Å². The number of methoxy groups -OCH3 is 2. The lowest BCUT2D eigenvalue weighted by molar-refractivity contribution is -0.111. The molecule has 3 aromatic rings. The Morgan fingerprint density at radius 2 is 1.86 bits per heavy atom. The number of aromatic nitrogens is 2. The molecule has 222 valence electrons. The van der Waals surface area contributed by atoms with Gasteiger partial charge in [-0.25, -0.2) is 9.97 Å². The topological polar surface area (TPSA) is 112 Å². The number of anilines is 5. The Morgan fingerprint density at radius 1 is 1.10 bits per heavy atom. The van der Waals surface area contributed by atoms with Gasteiger partial charge in [-0.05, 0) is 63.0 Å². The van der Waals surface area contributed by atoms with E-state index < -0.39 is 0 Å². The first kappa shape index (κ1) is 30.5. The van der Waals surface area contributed by atoms with E-state index in [9.17, 15) is 9.59 Å². The highest BCUT2D eigenvalue weighted by molar-refractivity contribution is 6.08. The second-order valence-electron chi connectivity index (χ2n) is 10.3. The van der Waals surface area contributed by atoms with Crippen LogP contribution in [0.2, 0.25) is 0 Å². The molecule has 0 saturated carbocycles. The van der Waals surface area contributed by atoms with Crippen LogP contribution in [0.1, 0.15) is 22.5 Å². The molecule has 0 bridgehead atoms. The van der Waals surface area contributed by atoms with E-state index in [0.717, 1.165) is 44.0 Å². The van der Waals surface area contributed by atoms with Crippen molar-refractivity contribution in [3.05, 3.63) is 72.6 Å². The number of benzene rings is 2. The van der Waals surface area contributed by atoms with Gasteiger partial charge < -0.3 is 34.8 Å². The van der Waals surface area contributed by atoms with Crippen LogP contribution < -0.4 is 25.2 Å². The van der Waals surface area contributed by atoms with Gasteiger partial charge in [-0.1, -0.05) is 6.58 Å². The minimum atomic E-state index is -0.341. The quantitative estimate of drug-likeness (QED) is 0.231. The van der Waals surface area contributed by atoms with E-state index in [1.165, 1.54) is 12.3 Å². The molecular formula is C31H39N7O4. The fourth-order valence-electron chi connectivity index (χ4n) is 4.70. The van der Waals surface area contributed by atoms with Gasteiger partial charge in [-0.15, -0.1) is 0 Å². The first-order valence-corrected chi connectivity index (χ1v) is 13.8. The van der Waals surface area contributed by atoms with Crippen LogP contribution in [0.5, 0.6) is 5.75 Å². The normalized spacial score (nSPS) is 14.5. The second kappa shape index (κ2) is 13.9. The molecule has 11 heteroatoms. The molecule has 1 fully saturated rings. The highest BCUT2D eigenvalue weighted by Crippen LogP contribution is 2.38. The van der Waals surface area contributed by atoms with Crippen molar-refractivity contribution >= 4 is 40.4 Å². The molecular weight excluding hydrogens is 534 g/mol. The van der Waals surface area contributed by atoms with Crippen LogP contribution in [0.25, 0.3) is 0 Å². The summed E-state index contributed by atoms with van der Waals surface area (Å²) in [6, 6.07) is 12.7. The smallest absolute Gasteiger partial charge is 0.247 e. The maximum atomic E-state index is 13.3. The minimum Gasteiger partial charge on any atom is -0.494 e. The third-order valence-electron chi connectivity index (χ3n) is 7.16. The summed E-state index contributed by atoms with van der Waals surface area (Å²) in [4.78, 5) is 40.7. The standard InChI is InChI=1S/C31H39N7O4/c1-7-29(39)33-25-18-26(28(42-6)19-27(25)37(4)17-16-36(2)3)35-31-32-14-12-24(34-31)30(40)21-8-10-22(11-9-21)38-15-13-23(20-38)41-5/h7-12,14,18-19,23H,1,13,15-17,20H2,2-6H3,(H,33,39)(H,32,34,35)/t23-/m1/s1. The fraction of sp³-hybridized carbons (Fsp3) is 0.355. The number of likely N-dealkylation sites (N-methyl/N-ethyl adjacent to an activating group) is 2. The lowest BCUT2D eigenvalue weighted by Gasteiger charge is -2.26. The zero-order valence-corrected chi connectivity index (χ0v) is 24.9. The number of ketones is 1. The average molecular weight is 574 g/mol. The molecule has 42 heavy (non-hydrogen) atoms. The van der Waals surface area contributed by atoms with E-state index in [1.807, 2.05) is 56.4 Å². The van der Waals surface area contributed by atoms with E-state index in [1.54, 1.807) is 26.4 Å². The second-order valence-corrected chi connectivity index (χ2v) is 10.3. The van der Waals surface area contributed by atoms with Crippen LogP contribution in [0.15, 0.2) is 61.3 Å². The molecule has 1 amide bonds. The van der Waals surface area contributed by atoms with Crippen LogP contribution in [-0.4, -0.2) is 94.2 Å². The van der Waals surface area contributed by atoms with Gasteiger partial charge in [0.1, 0.15) is 11.4 Å². The molecule has 1 atom stereocenters. The molecule has 1 saturated heterocycles. The van der Waals surface area contributed by atoms with Crippen LogP contribution >= 0.6 is 0 Å². The maximum absolute atomic E-state index is 13.3. The summed E-state index contributed by atoms with van der Waals surface area (Å²) in [6.45, 7) is 6.86. The van der Waals surface area contributed by atoms with Crippen molar-refractivity contribution in [3.8, 4) is 5.75 Å². The van der Waals surface area contributed by atoms with Crippen molar-refractivity contribution in [1.82, 2.24) is 14.9 Å². The van der Waals surface area contributed by atoms with Gasteiger partial charge in [0.15, 0.2) is 0 Å². The number of hydrogen-bond donors (Lipinski definition) is 2. The van der Waals surface area contributed by atoms with Crippen molar-refractivity contribution < 1.29 is 19.1 Å². The number of rotatable bonds is 13. The predicted molar refractivity (Wildman–Crippen MR) is 166 cm³/mol. The first-order chi connectivity index (χ1) is 20.2. The Morgan fingerprint density at radius 3 is 2.50 bits per heavy atom. The molecule has 0 unspecified atom stereocenters. The average Bonchev–Trinajstić information content (AvgIpc) is 3.49. The van der Waals surface area contributed by atoms with Gasteiger partial charge in [0.25, 0.3) is 0 Å². The zero-order valence-electron chi connectivity index (χ0n) is 24.9. The zero-order chi connectivity index (χ0) is 30.2. The molecule has 0 aliphatic carbocycles. The van der Waals surface area contributed by atoms with Crippen molar-refractivity contribution in [2.24, 2.45) is 0 Å². The Balaban J connectivity index is 1.56. The van der Waals surface area contributed by atoms with Crippen LogP contribution in [0.4, 0.5) is 28.7 Å². The molecule has 0 radical (unpaired) electrons. The molecule has 2 aromatic carbocycles. The van der Waals surface area contributed by atoms with Crippen molar-refractivity contribution in [1.29, 1.82) is 0 Å². The van der Waals surface area contributed by atoms with Crippen molar-refractivity contribution in [2.75, 3.05) is 82.0 Å². The summed E-state index contributed by atoms with van der Waals surface area (Å²) in [5, 5.41) is 6.03. The van der Waals surface area contributed by atoms with Crippen LogP contribution in [0.3, 0.4) is 0 Å². The monoisotopic (exact) mass is 573 g/mol. The minimum absolute atomic E-state index is 0.216. The summed E-state index contributed by atoms with van der Waals surface area (Å²) in [6.07, 6.45) is 3.96. The lowest BCUT2D eigenvalue weighted by Crippen LogP contribution is -2.29. The molecule has 1 aliphatic heterocycles. The van der Waals surface area contributed by atoms with E-state index in [-0.39, 0.29) is 29.4 Å². The predicted octanol–water partition coefficient (Wildman–Crippen LogP) is 3.81. The summed E-state index contributed by atoms with van der Waals surface area (Å²) in [5.74, 6) is 0.179. The summed E-state index contributed by atoms with van der Waals surface area (Å²) in [7, 11) is 9.25. The van der Waals surface area contributed by atoms with E-state index in [4.69, 9.17) is 9.47 Å². The van der Waals surface area contributed by atoms with Gasteiger partial charge in [0, 0.05) is 63.9 Å². The SMILES string of the molecule is C=CC(=O)Nc1cc(Nc2nccc(C(=O)c3ccc(N4CC[C@@H](OC)C4)cc3)n2)c(OC)cc1N(C)CCN(C)C. The van der Waals surface area contributed by atoms with Gasteiger partial charge >= 0.3 is 0 Å². The number of ether oxygens (including phenoxy) is 2. The molecule has 2 N–H and O–H groups in total. The molecule has 11 nitrogen and oxygen atoms in total. The Bertz CT molecular complexity index is 1410. The number of carbonyl (C=O) groups is 2. The van der Waals surface area contributed by atoms with Gasteiger partial charge in [0.2, 0.25) is 17.6 Å². The van der Waals surface area contributed by atoms with Crippen molar-refractivity contribution in [2.45, 2.75) is 12.5 Å². The number of hydrogen-bond acceptors (Lipinski definition) is 10. The molecule has 2 heterocycles. The van der Waals surface area contributed by atoms with Gasteiger partial charge in [0.05, 0.1) is 30.3 Å². The Hall–Kier alpha value is -4.48. The molecule has 0 spiro atoms. The maximum Gasteiger partial charge on any atom is 0.247 e. The summed E-state index contributed by atoms with van der Waals surface area (Å²) >= 11 is 0. The number of nitrogens with zero attached hydrogens (tertiary/aromatic N) is 5. The van der Waals surface area contributed by atoms with Gasteiger partial charge in [-0.2, -0.15) is 0 Å². The van der Waals surface area contributed by atoms with E-state index in [0.29, 0.717) is 22.7 Å². The van der Waals surface area contributed by atoms with Crippen molar-refractivity contribution in [3.63, 3.8) is 0 Å². The van der Waals surface area contributed by atoms with Crippen LogP contribution in [-0.2, 0) is 9.53 Å². The Kier molecular flexibility index (Phi) is 10.1. The number of nitrogens with one attached hydrogen (secondary N) is 2. The van der Waals surface area contributed by atoms with E-state index >= 15 is 0 Å². The first-order valence-electron chi connectivity index (χ1n) is 13.8. The third-order valence-corrected chi connectivity index (χ3v) is 7.16. The summed E-state index contributed by atoms with van der Waals surface area (Å²) < 4.78 is 11.1. The highest BCUT2D eigenvalue weighted by Gasteiger charge is 2.23. The Labute approximate surface area is 247 Å². The molecule has 1 aromatic heterocycles. The number of amides is 1. The lowest BCUT2D eigenvalue weighted by atomic mass is 10.1. The van der Waals surface area contributed by atoms with Crippen LogP contribution in [0, 0.1) is 0 Å². The fourth-order valence-corrected chi connectivity index (χ4v) is 4.70. The number of carbonyl (C=O) groups excluding carboxylic acids is 2. The largest absolute Gasteiger partial charge is 0.494 e. The molecule has 4 rings (SSSR count). The molecule has 1 aliphatic rings.